The van der Waals surface area contributed by atoms with Crippen LogP contribution in [0.4, 0.5) is 0 Å². The smallest absolute Gasteiger partial charge is 0.310 e. The van der Waals surface area contributed by atoms with Gasteiger partial charge in [0.2, 0.25) is 0 Å². The molecule has 0 heterocycles. The molecule has 1 atom stereocenters. The first kappa shape index (κ1) is 12.9. The molecule has 1 aliphatic rings. The van der Waals surface area contributed by atoms with Crippen molar-refractivity contribution in [2.45, 2.75) is 18.8 Å². The van der Waals surface area contributed by atoms with Crippen molar-refractivity contribution in [2.24, 2.45) is 5.92 Å². The van der Waals surface area contributed by atoms with Gasteiger partial charge in [0.25, 0.3) is 0 Å². The average Bonchev–Trinajstić information content (AvgIpc) is 3.26. The number of carbonyl (C=O) groups is 1. The quantitative estimate of drug-likeness (QED) is 0.791. The molecule has 0 aromatic heterocycles. The minimum atomic E-state index is -0.200. The summed E-state index contributed by atoms with van der Waals surface area (Å²) >= 11 is 0. The van der Waals surface area contributed by atoms with Crippen LogP contribution in [0.25, 0.3) is 0 Å². The van der Waals surface area contributed by atoms with E-state index >= 15 is 0 Å². The van der Waals surface area contributed by atoms with Gasteiger partial charge in [0, 0.05) is 5.41 Å². The Bertz CT molecular complexity index is 550. The van der Waals surface area contributed by atoms with Crippen LogP contribution in [0.2, 0.25) is 0 Å². The van der Waals surface area contributed by atoms with E-state index in [-0.39, 0.29) is 17.3 Å². The van der Waals surface area contributed by atoms with Crippen LogP contribution in [-0.2, 0) is 14.9 Å². The average molecular weight is 266 g/mol. The summed E-state index contributed by atoms with van der Waals surface area (Å²) in [4.78, 5) is 12.1. The predicted octanol–water partition coefficient (Wildman–Crippen LogP) is 3.56. The van der Waals surface area contributed by atoms with Gasteiger partial charge in [0.05, 0.1) is 12.5 Å². The first-order chi connectivity index (χ1) is 9.79. The highest BCUT2D eigenvalue weighted by Crippen LogP contribution is 2.59. The lowest BCUT2D eigenvalue weighted by Gasteiger charge is -2.18. The van der Waals surface area contributed by atoms with Crippen LogP contribution in [0, 0.1) is 5.92 Å². The Labute approximate surface area is 119 Å². The summed E-state index contributed by atoms with van der Waals surface area (Å²) in [6.45, 7) is 2.29. The maximum atomic E-state index is 12.1. The molecule has 20 heavy (non-hydrogen) atoms. The molecular weight excluding hydrogens is 248 g/mol. The summed E-state index contributed by atoms with van der Waals surface area (Å²) in [5.41, 5.74) is 2.20. The van der Waals surface area contributed by atoms with E-state index in [0.717, 1.165) is 6.42 Å². The molecule has 2 aromatic carbocycles. The molecule has 1 fully saturated rings. The molecule has 0 bridgehead atoms. The van der Waals surface area contributed by atoms with Gasteiger partial charge in [-0.05, 0) is 24.5 Å². The third-order valence-electron chi connectivity index (χ3n) is 4.11. The van der Waals surface area contributed by atoms with Crippen LogP contribution in [0.5, 0.6) is 0 Å². The molecule has 0 N–H and O–H groups in total. The highest BCUT2D eigenvalue weighted by atomic mass is 16.5. The highest BCUT2D eigenvalue weighted by Gasteiger charge is 2.61. The Kier molecular flexibility index (Phi) is 3.31. The van der Waals surface area contributed by atoms with Gasteiger partial charge in [0.1, 0.15) is 0 Å². The van der Waals surface area contributed by atoms with E-state index in [1.807, 2.05) is 43.3 Å². The monoisotopic (exact) mass is 266 g/mol. The number of esters is 1. The Morgan fingerprint density at radius 3 is 2.00 bits per heavy atom. The van der Waals surface area contributed by atoms with Gasteiger partial charge in [-0.1, -0.05) is 60.7 Å². The summed E-state index contributed by atoms with van der Waals surface area (Å²) in [7, 11) is 0. The largest absolute Gasteiger partial charge is 0.466 e. The molecule has 0 spiro atoms. The summed E-state index contributed by atoms with van der Waals surface area (Å²) < 4.78 is 5.23. The maximum Gasteiger partial charge on any atom is 0.310 e. The fourth-order valence-corrected chi connectivity index (χ4v) is 3.07. The number of benzene rings is 2. The third-order valence-corrected chi connectivity index (χ3v) is 4.11. The van der Waals surface area contributed by atoms with E-state index in [2.05, 4.69) is 24.3 Å². The van der Waals surface area contributed by atoms with Crippen LogP contribution < -0.4 is 0 Å². The molecule has 0 aliphatic heterocycles. The number of carbonyl (C=O) groups excluding carboxylic acids is 1. The van der Waals surface area contributed by atoms with Crippen LogP contribution >= 0.6 is 0 Å². The molecule has 1 unspecified atom stereocenters. The summed E-state index contributed by atoms with van der Waals surface area (Å²) in [5, 5.41) is 0. The maximum absolute atomic E-state index is 12.1. The van der Waals surface area contributed by atoms with Gasteiger partial charge in [-0.15, -0.1) is 0 Å². The van der Waals surface area contributed by atoms with Gasteiger partial charge in [-0.2, -0.15) is 0 Å². The van der Waals surface area contributed by atoms with E-state index < -0.39 is 0 Å². The Morgan fingerprint density at radius 1 is 1.05 bits per heavy atom. The van der Waals surface area contributed by atoms with Crippen LogP contribution in [0.3, 0.4) is 0 Å². The fourth-order valence-electron chi connectivity index (χ4n) is 3.07. The van der Waals surface area contributed by atoms with Gasteiger partial charge < -0.3 is 4.74 Å². The lowest BCUT2D eigenvalue weighted by Crippen LogP contribution is -2.18. The van der Waals surface area contributed by atoms with E-state index in [9.17, 15) is 4.79 Å². The summed E-state index contributed by atoms with van der Waals surface area (Å²) in [6, 6.07) is 20.5. The molecule has 2 aromatic rings. The summed E-state index contributed by atoms with van der Waals surface area (Å²) in [6.07, 6.45) is 0.833. The molecule has 3 rings (SSSR count). The predicted molar refractivity (Wildman–Crippen MR) is 78.4 cm³/mol. The number of ether oxygens (including phenoxy) is 1. The Morgan fingerprint density at radius 2 is 1.55 bits per heavy atom. The minimum Gasteiger partial charge on any atom is -0.466 e. The van der Waals surface area contributed by atoms with E-state index in [0.29, 0.717) is 6.61 Å². The van der Waals surface area contributed by atoms with Crippen molar-refractivity contribution < 1.29 is 9.53 Å². The minimum absolute atomic E-state index is 0.0627. The van der Waals surface area contributed by atoms with Crippen molar-refractivity contribution in [3.05, 3.63) is 71.8 Å². The molecule has 2 heteroatoms. The molecule has 0 amide bonds. The summed E-state index contributed by atoms with van der Waals surface area (Å²) in [5.74, 6) is -0.146. The van der Waals surface area contributed by atoms with Gasteiger partial charge in [-0.25, -0.2) is 0 Å². The van der Waals surface area contributed by atoms with Crippen molar-refractivity contribution in [2.75, 3.05) is 6.61 Å². The van der Waals surface area contributed by atoms with E-state index in [1.165, 1.54) is 11.1 Å². The third kappa shape index (κ3) is 2.01. The highest BCUT2D eigenvalue weighted by molar-refractivity contribution is 5.81. The fraction of sp³-hybridized carbons (Fsp3) is 0.278. The molecular formula is C18H18O2. The van der Waals surface area contributed by atoms with Crippen molar-refractivity contribution in [3.63, 3.8) is 0 Å². The second kappa shape index (κ2) is 5.12. The van der Waals surface area contributed by atoms with Crippen molar-refractivity contribution in [1.82, 2.24) is 0 Å². The van der Waals surface area contributed by atoms with E-state index in [4.69, 9.17) is 4.74 Å². The SMILES string of the molecule is CCOC(=O)C1CC1(c1ccccc1)c1ccccc1. The van der Waals surface area contributed by atoms with Gasteiger partial charge >= 0.3 is 5.97 Å². The molecule has 102 valence electrons. The lowest BCUT2D eigenvalue weighted by atomic mass is 9.86. The molecule has 2 nitrogen and oxygen atoms in total. The zero-order valence-electron chi connectivity index (χ0n) is 11.6. The van der Waals surface area contributed by atoms with Crippen molar-refractivity contribution >= 4 is 5.97 Å². The number of hydrogen-bond acceptors (Lipinski definition) is 2. The van der Waals surface area contributed by atoms with Gasteiger partial charge in [0.15, 0.2) is 0 Å². The molecule has 0 radical (unpaired) electrons. The Balaban J connectivity index is 2.01. The normalized spacial score (nSPS) is 19.4. The lowest BCUT2D eigenvalue weighted by molar-refractivity contribution is -0.145. The first-order valence-corrected chi connectivity index (χ1v) is 7.06. The second-order valence-corrected chi connectivity index (χ2v) is 5.21. The standard InChI is InChI=1S/C18H18O2/c1-2-20-17(19)16-13-18(16,14-9-5-3-6-10-14)15-11-7-4-8-12-15/h3-12,16H,2,13H2,1H3. The Hall–Kier alpha value is -2.09. The zero-order chi connectivity index (χ0) is 14.0. The van der Waals surface area contributed by atoms with Crippen LogP contribution in [0.15, 0.2) is 60.7 Å². The molecule has 1 aliphatic carbocycles. The van der Waals surface area contributed by atoms with Crippen molar-refractivity contribution in [3.8, 4) is 0 Å². The van der Waals surface area contributed by atoms with Crippen molar-refractivity contribution in [1.29, 1.82) is 0 Å². The van der Waals surface area contributed by atoms with Crippen LogP contribution in [0.1, 0.15) is 24.5 Å². The molecule has 0 saturated heterocycles. The van der Waals surface area contributed by atoms with Crippen LogP contribution in [-0.4, -0.2) is 12.6 Å². The zero-order valence-corrected chi connectivity index (χ0v) is 11.6. The molecule has 1 saturated carbocycles. The van der Waals surface area contributed by atoms with E-state index in [1.54, 1.807) is 0 Å². The topological polar surface area (TPSA) is 26.3 Å². The van der Waals surface area contributed by atoms with Gasteiger partial charge in [-0.3, -0.25) is 4.79 Å². The second-order valence-electron chi connectivity index (χ2n) is 5.21. The first-order valence-electron chi connectivity index (χ1n) is 7.06. The number of hydrogen-bond donors (Lipinski definition) is 0. The number of rotatable bonds is 4.